The fourth-order valence-electron chi connectivity index (χ4n) is 1.54. The standard InChI is InChI=1S/C11H12BrFN2O2.ClH/c12-7-1-2-9(8(13)5-7)15-11(16)10-6-14-3-4-17-10;/h1-2,5,10,14H,3-4,6H2,(H,15,16);1H. The zero-order valence-corrected chi connectivity index (χ0v) is 11.8. The first-order valence-corrected chi connectivity index (χ1v) is 6.04. The number of morpholine rings is 1. The first-order valence-electron chi connectivity index (χ1n) is 5.25. The molecule has 1 aliphatic rings. The van der Waals surface area contributed by atoms with Gasteiger partial charge in [-0.1, -0.05) is 15.9 Å². The molecule has 7 heteroatoms. The van der Waals surface area contributed by atoms with Crippen molar-refractivity contribution in [1.29, 1.82) is 0 Å². The Morgan fingerprint density at radius 2 is 2.33 bits per heavy atom. The third kappa shape index (κ3) is 3.91. The normalized spacial score (nSPS) is 18.9. The smallest absolute Gasteiger partial charge is 0.254 e. The summed E-state index contributed by atoms with van der Waals surface area (Å²) in [5, 5.41) is 5.55. The molecule has 0 saturated carbocycles. The molecule has 0 aliphatic carbocycles. The minimum atomic E-state index is -0.563. The van der Waals surface area contributed by atoms with E-state index in [0.717, 1.165) is 6.54 Å². The van der Waals surface area contributed by atoms with Gasteiger partial charge in [0.1, 0.15) is 11.9 Å². The Balaban J connectivity index is 0.00000162. The number of carbonyl (C=O) groups is 1. The molecule has 1 aliphatic heterocycles. The number of halogens is 3. The van der Waals surface area contributed by atoms with E-state index in [1.54, 1.807) is 6.07 Å². The van der Waals surface area contributed by atoms with Crippen LogP contribution in [0.2, 0.25) is 0 Å². The van der Waals surface area contributed by atoms with Crippen LogP contribution in [-0.2, 0) is 9.53 Å². The van der Waals surface area contributed by atoms with Crippen molar-refractivity contribution < 1.29 is 13.9 Å². The number of carbonyl (C=O) groups excluding carboxylic acids is 1. The van der Waals surface area contributed by atoms with E-state index in [2.05, 4.69) is 26.6 Å². The molecular weight excluding hydrogens is 326 g/mol. The second kappa shape index (κ2) is 7.04. The van der Waals surface area contributed by atoms with Crippen LogP contribution in [0.1, 0.15) is 0 Å². The van der Waals surface area contributed by atoms with Gasteiger partial charge in [0.05, 0.1) is 12.3 Å². The third-order valence-corrected chi connectivity index (χ3v) is 2.90. The van der Waals surface area contributed by atoms with Crippen molar-refractivity contribution in [1.82, 2.24) is 5.32 Å². The molecule has 18 heavy (non-hydrogen) atoms. The highest BCUT2D eigenvalue weighted by Crippen LogP contribution is 2.19. The van der Waals surface area contributed by atoms with E-state index >= 15 is 0 Å². The molecule has 1 atom stereocenters. The van der Waals surface area contributed by atoms with Crippen molar-refractivity contribution in [3.8, 4) is 0 Å². The van der Waals surface area contributed by atoms with Crippen molar-refractivity contribution >= 4 is 39.9 Å². The maximum absolute atomic E-state index is 13.5. The van der Waals surface area contributed by atoms with Crippen LogP contribution in [0.25, 0.3) is 0 Å². The lowest BCUT2D eigenvalue weighted by atomic mass is 10.2. The summed E-state index contributed by atoms with van der Waals surface area (Å²) in [4.78, 5) is 11.8. The average Bonchev–Trinajstić information content (AvgIpc) is 2.34. The molecule has 100 valence electrons. The van der Waals surface area contributed by atoms with Crippen LogP contribution in [0.3, 0.4) is 0 Å². The van der Waals surface area contributed by atoms with Gasteiger partial charge in [0.2, 0.25) is 0 Å². The van der Waals surface area contributed by atoms with E-state index in [0.29, 0.717) is 17.6 Å². The Morgan fingerprint density at radius 1 is 1.56 bits per heavy atom. The first-order chi connectivity index (χ1) is 8.16. The second-order valence-corrected chi connectivity index (χ2v) is 4.59. The van der Waals surface area contributed by atoms with Crippen LogP contribution >= 0.6 is 28.3 Å². The Kier molecular flexibility index (Phi) is 6.01. The highest BCUT2D eigenvalue weighted by molar-refractivity contribution is 9.10. The van der Waals surface area contributed by atoms with Crippen LogP contribution in [0, 0.1) is 5.82 Å². The van der Waals surface area contributed by atoms with Crippen molar-refractivity contribution in [2.75, 3.05) is 25.0 Å². The molecular formula is C11H13BrClFN2O2. The zero-order chi connectivity index (χ0) is 12.3. The molecule has 4 nitrogen and oxygen atoms in total. The van der Waals surface area contributed by atoms with E-state index in [9.17, 15) is 9.18 Å². The van der Waals surface area contributed by atoms with Gasteiger partial charge in [0.25, 0.3) is 5.91 Å². The molecule has 1 heterocycles. The molecule has 0 spiro atoms. The van der Waals surface area contributed by atoms with Crippen molar-refractivity contribution in [2.45, 2.75) is 6.10 Å². The van der Waals surface area contributed by atoms with Gasteiger partial charge in [0.15, 0.2) is 0 Å². The summed E-state index contributed by atoms with van der Waals surface area (Å²) in [6, 6.07) is 4.47. The third-order valence-electron chi connectivity index (χ3n) is 2.41. The van der Waals surface area contributed by atoms with E-state index in [1.165, 1.54) is 12.1 Å². The monoisotopic (exact) mass is 338 g/mol. The maximum Gasteiger partial charge on any atom is 0.254 e. The summed E-state index contributed by atoms with van der Waals surface area (Å²) in [7, 11) is 0. The van der Waals surface area contributed by atoms with Gasteiger partial charge < -0.3 is 15.4 Å². The highest BCUT2D eigenvalue weighted by Gasteiger charge is 2.22. The van der Waals surface area contributed by atoms with E-state index in [4.69, 9.17) is 4.74 Å². The summed E-state index contributed by atoms with van der Waals surface area (Å²) in [5.41, 5.74) is 0.160. The Morgan fingerprint density at radius 3 is 2.94 bits per heavy atom. The minimum Gasteiger partial charge on any atom is -0.366 e. The highest BCUT2D eigenvalue weighted by atomic mass is 79.9. The summed E-state index contributed by atoms with van der Waals surface area (Å²) < 4.78 is 19.4. The lowest BCUT2D eigenvalue weighted by Gasteiger charge is -2.22. The van der Waals surface area contributed by atoms with E-state index in [-0.39, 0.29) is 24.0 Å². The van der Waals surface area contributed by atoms with Gasteiger partial charge in [-0.2, -0.15) is 0 Å². The molecule has 1 fully saturated rings. The summed E-state index contributed by atoms with van der Waals surface area (Å²) in [6.45, 7) is 1.67. The van der Waals surface area contributed by atoms with Crippen LogP contribution < -0.4 is 10.6 Å². The van der Waals surface area contributed by atoms with E-state index < -0.39 is 11.9 Å². The predicted octanol–water partition coefficient (Wildman–Crippen LogP) is 1.94. The maximum atomic E-state index is 13.5. The number of ether oxygens (including phenoxy) is 1. The van der Waals surface area contributed by atoms with Crippen LogP contribution in [0.15, 0.2) is 22.7 Å². The largest absolute Gasteiger partial charge is 0.366 e. The number of rotatable bonds is 2. The molecule has 0 radical (unpaired) electrons. The van der Waals surface area contributed by atoms with Gasteiger partial charge in [-0.15, -0.1) is 12.4 Å². The number of nitrogens with one attached hydrogen (secondary N) is 2. The van der Waals surface area contributed by atoms with Gasteiger partial charge >= 0.3 is 0 Å². The molecule has 2 rings (SSSR count). The molecule has 1 unspecified atom stereocenters. The molecule has 1 amide bonds. The van der Waals surface area contributed by atoms with Crippen molar-refractivity contribution in [3.05, 3.63) is 28.5 Å². The van der Waals surface area contributed by atoms with Crippen LogP contribution in [0.5, 0.6) is 0 Å². The second-order valence-electron chi connectivity index (χ2n) is 3.68. The first kappa shape index (κ1) is 15.4. The number of anilines is 1. The van der Waals surface area contributed by atoms with E-state index in [1.807, 2.05) is 0 Å². The topological polar surface area (TPSA) is 50.4 Å². The van der Waals surface area contributed by atoms with Crippen LogP contribution in [-0.4, -0.2) is 31.7 Å². The molecule has 0 aromatic heterocycles. The number of amides is 1. The summed E-state index contributed by atoms with van der Waals surface area (Å²) >= 11 is 3.15. The Bertz CT molecular complexity index is 428. The number of benzene rings is 1. The SMILES string of the molecule is Cl.O=C(Nc1ccc(Br)cc1F)C1CNCCO1. The van der Waals surface area contributed by atoms with Gasteiger partial charge in [-0.3, -0.25) is 4.79 Å². The molecule has 2 N–H and O–H groups in total. The van der Waals surface area contributed by atoms with Gasteiger partial charge in [-0.05, 0) is 18.2 Å². The lowest BCUT2D eigenvalue weighted by molar-refractivity contribution is -0.128. The average molecular weight is 340 g/mol. The van der Waals surface area contributed by atoms with Gasteiger partial charge in [-0.25, -0.2) is 4.39 Å². The Labute approximate surface area is 119 Å². The molecule has 0 bridgehead atoms. The summed E-state index contributed by atoms with van der Waals surface area (Å²) in [5.74, 6) is -0.810. The lowest BCUT2D eigenvalue weighted by Crippen LogP contribution is -2.45. The number of hydrogen-bond donors (Lipinski definition) is 2. The fraction of sp³-hybridized carbons (Fsp3) is 0.364. The number of hydrogen-bond acceptors (Lipinski definition) is 3. The fourth-order valence-corrected chi connectivity index (χ4v) is 1.87. The minimum absolute atomic E-state index is 0. The zero-order valence-electron chi connectivity index (χ0n) is 9.41. The quantitative estimate of drug-likeness (QED) is 0.866. The van der Waals surface area contributed by atoms with Crippen LogP contribution in [0.4, 0.5) is 10.1 Å². The molecule has 1 saturated heterocycles. The van der Waals surface area contributed by atoms with Crippen molar-refractivity contribution in [3.63, 3.8) is 0 Å². The Hall–Kier alpha value is -0.690. The van der Waals surface area contributed by atoms with Gasteiger partial charge in [0, 0.05) is 17.6 Å². The molecule has 1 aromatic carbocycles. The summed E-state index contributed by atoms with van der Waals surface area (Å²) in [6.07, 6.45) is -0.563. The predicted molar refractivity (Wildman–Crippen MR) is 72.6 cm³/mol. The molecule has 1 aromatic rings. The van der Waals surface area contributed by atoms with Crippen molar-refractivity contribution in [2.24, 2.45) is 0 Å².